The first-order valence-electron chi connectivity index (χ1n) is 9.76. The van der Waals surface area contributed by atoms with E-state index in [-0.39, 0.29) is 0 Å². The molecule has 3 unspecified atom stereocenters. The molecule has 0 saturated heterocycles. The standard InChI is InChI=1S/C19H33N5O/c1-4-20-18(21-13-19(2,25)15-11-22-24(3)12-15)23-17-10-16(17)14-8-6-5-7-9-14/h11-12,14,16-17,25H,4-10,13H2,1-3H3,(H2,20,21,23). The molecule has 2 aliphatic carbocycles. The first-order valence-corrected chi connectivity index (χ1v) is 9.76. The molecule has 2 fully saturated rings. The van der Waals surface area contributed by atoms with Gasteiger partial charge in [0.15, 0.2) is 5.96 Å². The summed E-state index contributed by atoms with van der Waals surface area (Å²) >= 11 is 0. The molecule has 1 heterocycles. The lowest BCUT2D eigenvalue weighted by molar-refractivity contribution is 0.0671. The maximum atomic E-state index is 10.7. The van der Waals surface area contributed by atoms with Gasteiger partial charge in [-0.2, -0.15) is 5.10 Å². The van der Waals surface area contributed by atoms with Gasteiger partial charge in [0.1, 0.15) is 5.60 Å². The monoisotopic (exact) mass is 347 g/mol. The van der Waals surface area contributed by atoms with Crippen molar-refractivity contribution in [3.05, 3.63) is 18.0 Å². The zero-order valence-electron chi connectivity index (χ0n) is 15.8. The van der Waals surface area contributed by atoms with E-state index in [0.717, 1.165) is 29.9 Å². The second-order valence-electron chi connectivity index (χ2n) is 7.92. The van der Waals surface area contributed by atoms with Crippen molar-refractivity contribution in [2.45, 2.75) is 64.0 Å². The van der Waals surface area contributed by atoms with Crippen molar-refractivity contribution in [3.63, 3.8) is 0 Å². The number of guanidine groups is 1. The van der Waals surface area contributed by atoms with E-state index in [1.807, 2.05) is 13.2 Å². The van der Waals surface area contributed by atoms with Crippen molar-refractivity contribution in [1.29, 1.82) is 0 Å². The lowest BCUT2D eigenvalue weighted by Gasteiger charge is -2.23. The number of aliphatic imine (C=N–C) groups is 1. The Hall–Kier alpha value is -1.56. The predicted molar refractivity (Wildman–Crippen MR) is 100 cm³/mol. The average Bonchev–Trinajstić information content (AvgIpc) is 3.22. The van der Waals surface area contributed by atoms with Crippen molar-refractivity contribution in [3.8, 4) is 0 Å². The van der Waals surface area contributed by atoms with E-state index in [4.69, 9.17) is 0 Å². The number of hydrogen-bond acceptors (Lipinski definition) is 3. The normalized spacial score (nSPS) is 27.0. The maximum Gasteiger partial charge on any atom is 0.191 e. The number of nitrogens with zero attached hydrogens (tertiary/aromatic N) is 3. The van der Waals surface area contributed by atoms with Gasteiger partial charge >= 0.3 is 0 Å². The van der Waals surface area contributed by atoms with Gasteiger partial charge in [-0.3, -0.25) is 4.68 Å². The summed E-state index contributed by atoms with van der Waals surface area (Å²) in [5, 5.41) is 21.7. The SMILES string of the molecule is CCNC(=NCC(C)(O)c1cnn(C)c1)NC1CC1C1CCCCC1. The topological polar surface area (TPSA) is 74.5 Å². The number of hydrogen-bond donors (Lipinski definition) is 3. The van der Waals surface area contributed by atoms with E-state index >= 15 is 0 Å². The van der Waals surface area contributed by atoms with E-state index in [1.54, 1.807) is 17.8 Å². The Morgan fingerprint density at radius 1 is 1.40 bits per heavy atom. The number of aliphatic hydroxyl groups is 1. The molecular weight excluding hydrogens is 314 g/mol. The van der Waals surface area contributed by atoms with Crippen LogP contribution in [0.3, 0.4) is 0 Å². The summed E-state index contributed by atoms with van der Waals surface area (Å²) in [6.07, 6.45) is 11.8. The summed E-state index contributed by atoms with van der Waals surface area (Å²) in [5.74, 6) is 2.52. The molecular formula is C19H33N5O. The summed E-state index contributed by atoms with van der Waals surface area (Å²) in [7, 11) is 1.85. The van der Waals surface area contributed by atoms with Crippen LogP contribution in [0.2, 0.25) is 0 Å². The van der Waals surface area contributed by atoms with Gasteiger partial charge < -0.3 is 15.7 Å². The minimum Gasteiger partial charge on any atom is -0.383 e. The van der Waals surface area contributed by atoms with Gasteiger partial charge in [0.2, 0.25) is 0 Å². The highest BCUT2D eigenvalue weighted by Crippen LogP contribution is 2.44. The minimum absolute atomic E-state index is 0.314. The lowest BCUT2D eigenvalue weighted by Crippen LogP contribution is -2.41. The lowest BCUT2D eigenvalue weighted by atomic mass is 9.85. The molecule has 6 nitrogen and oxygen atoms in total. The van der Waals surface area contributed by atoms with Crippen molar-refractivity contribution < 1.29 is 5.11 Å². The van der Waals surface area contributed by atoms with Crippen LogP contribution in [0.25, 0.3) is 0 Å². The summed E-state index contributed by atoms with van der Waals surface area (Å²) in [5.41, 5.74) is -0.218. The molecule has 25 heavy (non-hydrogen) atoms. The zero-order valence-corrected chi connectivity index (χ0v) is 15.8. The quantitative estimate of drug-likeness (QED) is 0.544. The summed E-state index contributed by atoms with van der Waals surface area (Å²) < 4.78 is 1.70. The fourth-order valence-corrected chi connectivity index (χ4v) is 3.98. The van der Waals surface area contributed by atoms with Crippen molar-refractivity contribution in [2.75, 3.05) is 13.1 Å². The Balaban J connectivity index is 1.56. The molecule has 2 aliphatic rings. The molecule has 0 aliphatic heterocycles. The van der Waals surface area contributed by atoms with E-state index in [1.165, 1.54) is 38.5 Å². The molecule has 0 aromatic carbocycles. The number of rotatable bonds is 6. The van der Waals surface area contributed by atoms with Crippen LogP contribution in [-0.4, -0.2) is 40.0 Å². The second kappa shape index (κ2) is 7.77. The largest absolute Gasteiger partial charge is 0.383 e. The van der Waals surface area contributed by atoms with Crippen molar-refractivity contribution >= 4 is 5.96 Å². The molecule has 0 amide bonds. The van der Waals surface area contributed by atoms with Gasteiger partial charge in [-0.1, -0.05) is 32.1 Å². The summed E-state index contributed by atoms with van der Waals surface area (Å²) in [6.45, 7) is 5.00. The molecule has 0 radical (unpaired) electrons. The van der Waals surface area contributed by atoms with Crippen molar-refractivity contribution in [2.24, 2.45) is 23.9 Å². The Labute approximate surface area is 151 Å². The minimum atomic E-state index is -1.01. The third kappa shape index (κ3) is 4.75. The van der Waals surface area contributed by atoms with Crippen LogP contribution >= 0.6 is 0 Å². The Kier molecular flexibility index (Phi) is 5.67. The highest BCUT2D eigenvalue weighted by molar-refractivity contribution is 5.80. The van der Waals surface area contributed by atoms with Gasteiger partial charge in [-0.05, 0) is 32.1 Å². The maximum absolute atomic E-state index is 10.7. The fraction of sp³-hybridized carbons (Fsp3) is 0.789. The van der Waals surface area contributed by atoms with E-state index < -0.39 is 5.60 Å². The average molecular weight is 348 g/mol. The van der Waals surface area contributed by atoms with Crippen LogP contribution in [-0.2, 0) is 12.6 Å². The van der Waals surface area contributed by atoms with Gasteiger partial charge in [0.05, 0.1) is 12.7 Å². The third-order valence-electron chi connectivity index (χ3n) is 5.63. The molecule has 1 aromatic heterocycles. The van der Waals surface area contributed by atoms with Crippen LogP contribution in [0.15, 0.2) is 17.4 Å². The first-order chi connectivity index (χ1) is 12.0. The molecule has 3 N–H and O–H groups in total. The zero-order chi connectivity index (χ0) is 17.9. The Morgan fingerprint density at radius 2 is 2.16 bits per heavy atom. The highest BCUT2D eigenvalue weighted by atomic mass is 16.3. The van der Waals surface area contributed by atoms with E-state index in [9.17, 15) is 5.11 Å². The summed E-state index contributed by atoms with van der Waals surface area (Å²) in [6, 6.07) is 0.546. The third-order valence-corrected chi connectivity index (χ3v) is 5.63. The van der Waals surface area contributed by atoms with Crippen LogP contribution in [0, 0.1) is 11.8 Å². The van der Waals surface area contributed by atoms with E-state index in [0.29, 0.717) is 12.6 Å². The molecule has 6 heteroatoms. The molecule has 1 aromatic rings. The predicted octanol–water partition coefficient (Wildman–Crippen LogP) is 2.15. The van der Waals surface area contributed by atoms with Crippen LogP contribution in [0.1, 0.15) is 57.9 Å². The summed E-state index contributed by atoms with van der Waals surface area (Å²) in [4.78, 5) is 4.64. The molecule has 140 valence electrons. The molecule has 0 bridgehead atoms. The van der Waals surface area contributed by atoms with E-state index in [2.05, 4.69) is 27.6 Å². The molecule has 3 atom stereocenters. The molecule has 2 saturated carbocycles. The van der Waals surface area contributed by atoms with Crippen LogP contribution in [0.5, 0.6) is 0 Å². The van der Waals surface area contributed by atoms with Gasteiger partial charge in [-0.25, -0.2) is 4.99 Å². The molecule has 0 spiro atoms. The van der Waals surface area contributed by atoms with Gasteiger partial charge in [0.25, 0.3) is 0 Å². The van der Waals surface area contributed by atoms with Crippen molar-refractivity contribution in [1.82, 2.24) is 20.4 Å². The fourth-order valence-electron chi connectivity index (χ4n) is 3.98. The molecule has 3 rings (SSSR count). The van der Waals surface area contributed by atoms with Gasteiger partial charge in [-0.15, -0.1) is 0 Å². The highest BCUT2D eigenvalue weighted by Gasteiger charge is 2.43. The second-order valence-corrected chi connectivity index (χ2v) is 7.92. The Morgan fingerprint density at radius 3 is 2.80 bits per heavy atom. The van der Waals surface area contributed by atoms with Gasteiger partial charge in [0, 0.05) is 31.4 Å². The number of aryl methyl sites for hydroxylation is 1. The van der Waals surface area contributed by atoms with Crippen LogP contribution in [0.4, 0.5) is 0 Å². The smallest absolute Gasteiger partial charge is 0.191 e. The number of aromatic nitrogens is 2. The first kappa shape index (κ1) is 18.2. The van der Waals surface area contributed by atoms with Crippen LogP contribution < -0.4 is 10.6 Å². The Bertz CT molecular complexity index is 588. The number of nitrogens with one attached hydrogen (secondary N) is 2.